The molecule has 0 aliphatic heterocycles. The molecule has 0 atom stereocenters. The Labute approximate surface area is 169 Å². The van der Waals surface area contributed by atoms with Crippen molar-refractivity contribution in [2.45, 2.75) is 39.7 Å². The van der Waals surface area contributed by atoms with Crippen molar-refractivity contribution in [3.05, 3.63) is 59.9 Å². The van der Waals surface area contributed by atoms with Gasteiger partial charge in [-0.15, -0.1) is 0 Å². The molecule has 3 aromatic rings. The second kappa shape index (κ2) is 9.37. The molecule has 0 bridgehead atoms. The first-order valence-electron chi connectivity index (χ1n) is 9.83. The summed E-state index contributed by atoms with van der Waals surface area (Å²) in [6.45, 7) is 5.20. The van der Waals surface area contributed by atoms with Gasteiger partial charge in [0.2, 0.25) is 0 Å². The van der Waals surface area contributed by atoms with E-state index in [1.807, 2.05) is 23.7 Å². The van der Waals surface area contributed by atoms with Crippen molar-refractivity contribution in [1.82, 2.24) is 9.78 Å². The molecule has 0 amide bonds. The van der Waals surface area contributed by atoms with E-state index in [1.54, 1.807) is 24.3 Å². The molecule has 0 unspecified atom stereocenters. The number of aromatic nitrogens is 2. The molecule has 29 heavy (non-hydrogen) atoms. The van der Waals surface area contributed by atoms with Gasteiger partial charge in [-0.05, 0) is 49.2 Å². The highest BCUT2D eigenvalue weighted by atomic mass is 19.1. The zero-order valence-electron chi connectivity index (χ0n) is 16.7. The maximum absolute atomic E-state index is 13.8. The number of carboxylic acids is 1. The molecule has 0 aliphatic carbocycles. The van der Waals surface area contributed by atoms with E-state index in [-0.39, 0.29) is 12.2 Å². The zero-order chi connectivity index (χ0) is 20.8. The number of hydrogen-bond donors (Lipinski definition) is 1. The maximum atomic E-state index is 13.8. The van der Waals surface area contributed by atoms with E-state index in [0.29, 0.717) is 30.2 Å². The van der Waals surface area contributed by atoms with Crippen molar-refractivity contribution < 1.29 is 19.0 Å². The Bertz CT molecular complexity index is 998. The van der Waals surface area contributed by atoms with Gasteiger partial charge in [0.25, 0.3) is 0 Å². The van der Waals surface area contributed by atoms with E-state index in [2.05, 4.69) is 6.92 Å². The van der Waals surface area contributed by atoms with Gasteiger partial charge in [-0.25, -0.2) is 4.39 Å². The monoisotopic (exact) mass is 396 g/mol. The lowest BCUT2D eigenvalue weighted by molar-refractivity contribution is -0.136. The smallest absolute Gasteiger partial charge is 0.307 e. The topological polar surface area (TPSA) is 64.4 Å². The average molecular weight is 396 g/mol. The Morgan fingerprint density at radius 2 is 2.00 bits per heavy atom. The van der Waals surface area contributed by atoms with Crippen molar-refractivity contribution in [2.75, 3.05) is 6.61 Å². The van der Waals surface area contributed by atoms with Crippen molar-refractivity contribution in [1.29, 1.82) is 0 Å². The Morgan fingerprint density at radius 1 is 1.17 bits per heavy atom. The Balaban J connectivity index is 2.11. The maximum Gasteiger partial charge on any atom is 0.307 e. The highest BCUT2D eigenvalue weighted by molar-refractivity contribution is 5.76. The first-order chi connectivity index (χ1) is 14.0. The predicted molar refractivity (Wildman–Crippen MR) is 110 cm³/mol. The van der Waals surface area contributed by atoms with Crippen LogP contribution in [0.2, 0.25) is 0 Å². The minimum Gasteiger partial charge on any atom is -0.493 e. The van der Waals surface area contributed by atoms with Gasteiger partial charge in [0.15, 0.2) is 0 Å². The molecule has 2 aromatic carbocycles. The number of benzene rings is 2. The standard InChI is InChI=1S/C23H25FN2O3/c1-3-5-11-26-21(17-7-6-8-18(24)14-17)15-20(25-26)19-12-16(13-23(27)28)9-10-22(19)29-4-2/h6-10,12,14-15H,3-5,11,13H2,1-2H3,(H,27,28). The molecule has 0 fully saturated rings. The van der Waals surface area contributed by atoms with Gasteiger partial charge in [-0.1, -0.05) is 31.5 Å². The van der Waals surface area contributed by atoms with Crippen LogP contribution in [0.25, 0.3) is 22.5 Å². The van der Waals surface area contributed by atoms with Crippen LogP contribution in [0.5, 0.6) is 5.75 Å². The van der Waals surface area contributed by atoms with Crippen LogP contribution in [0.1, 0.15) is 32.3 Å². The van der Waals surface area contributed by atoms with Gasteiger partial charge in [-0.3, -0.25) is 9.48 Å². The summed E-state index contributed by atoms with van der Waals surface area (Å²) in [4.78, 5) is 11.1. The SMILES string of the molecule is CCCCn1nc(-c2cc(CC(=O)O)ccc2OCC)cc1-c1cccc(F)c1. The van der Waals surface area contributed by atoms with Gasteiger partial charge in [0.05, 0.1) is 24.4 Å². The fourth-order valence-electron chi connectivity index (χ4n) is 3.25. The number of aryl methyl sites for hydroxylation is 1. The third-order valence-corrected chi connectivity index (χ3v) is 4.60. The number of nitrogens with zero attached hydrogens (tertiary/aromatic N) is 2. The molecule has 3 rings (SSSR count). The van der Waals surface area contributed by atoms with Gasteiger partial charge in [0.1, 0.15) is 11.6 Å². The summed E-state index contributed by atoms with van der Waals surface area (Å²) in [5.74, 6) is -0.549. The summed E-state index contributed by atoms with van der Waals surface area (Å²) in [6.07, 6.45) is 1.88. The Morgan fingerprint density at radius 3 is 2.69 bits per heavy atom. The lowest BCUT2D eigenvalue weighted by Crippen LogP contribution is -2.03. The first-order valence-corrected chi connectivity index (χ1v) is 9.83. The average Bonchev–Trinajstić information content (AvgIpc) is 3.11. The first kappa shape index (κ1) is 20.6. The summed E-state index contributed by atoms with van der Waals surface area (Å²) >= 11 is 0. The number of carboxylic acid groups (broad SMARTS) is 1. The molecule has 1 heterocycles. The van der Waals surface area contributed by atoms with Crippen molar-refractivity contribution in [2.24, 2.45) is 0 Å². The van der Waals surface area contributed by atoms with Crippen LogP contribution in [0.15, 0.2) is 48.5 Å². The zero-order valence-corrected chi connectivity index (χ0v) is 16.7. The molecule has 5 nitrogen and oxygen atoms in total. The number of hydrogen-bond acceptors (Lipinski definition) is 3. The summed E-state index contributed by atoms with van der Waals surface area (Å²) in [7, 11) is 0. The normalized spacial score (nSPS) is 10.9. The van der Waals surface area contributed by atoms with Crippen LogP contribution in [0.3, 0.4) is 0 Å². The summed E-state index contributed by atoms with van der Waals surface area (Å²) in [5.41, 5.74) is 3.65. The number of carbonyl (C=O) groups is 1. The predicted octanol–water partition coefficient (Wildman–Crippen LogP) is 5.18. The molecule has 6 heteroatoms. The van der Waals surface area contributed by atoms with E-state index in [9.17, 15) is 9.18 Å². The molecule has 1 aromatic heterocycles. The van der Waals surface area contributed by atoms with Crippen molar-refractivity contribution in [3.63, 3.8) is 0 Å². The van der Waals surface area contributed by atoms with E-state index < -0.39 is 5.97 Å². The highest BCUT2D eigenvalue weighted by Crippen LogP contribution is 2.34. The molecular weight excluding hydrogens is 371 g/mol. The second-order valence-corrected chi connectivity index (χ2v) is 6.84. The highest BCUT2D eigenvalue weighted by Gasteiger charge is 2.16. The number of halogens is 1. The Hall–Kier alpha value is -3.15. The van der Waals surface area contributed by atoms with E-state index in [0.717, 1.165) is 29.7 Å². The van der Waals surface area contributed by atoms with E-state index in [1.165, 1.54) is 12.1 Å². The summed E-state index contributed by atoms with van der Waals surface area (Å²) < 4.78 is 21.4. The van der Waals surface area contributed by atoms with Gasteiger partial charge in [-0.2, -0.15) is 5.10 Å². The quantitative estimate of drug-likeness (QED) is 0.541. The molecule has 1 N–H and O–H groups in total. The molecule has 0 spiro atoms. The van der Waals surface area contributed by atoms with Crippen LogP contribution in [0, 0.1) is 5.82 Å². The molecule has 0 radical (unpaired) electrons. The number of aliphatic carboxylic acids is 1. The number of unbranched alkanes of at least 4 members (excludes halogenated alkanes) is 1. The van der Waals surface area contributed by atoms with Gasteiger partial charge in [0, 0.05) is 17.7 Å². The molecule has 152 valence electrons. The fraction of sp³-hybridized carbons (Fsp3) is 0.304. The van der Waals surface area contributed by atoms with E-state index >= 15 is 0 Å². The number of rotatable bonds is 9. The van der Waals surface area contributed by atoms with Crippen molar-refractivity contribution in [3.8, 4) is 28.3 Å². The van der Waals surface area contributed by atoms with Crippen LogP contribution in [-0.4, -0.2) is 27.5 Å². The molecule has 0 aliphatic rings. The minimum absolute atomic E-state index is 0.0767. The molecule has 0 saturated heterocycles. The minimum atomic E-state index is -0.894. The van der Waals surface area contributed by atoms with Gasteiger partial charge >= 0.3 is 5.97 Å². The number of ether oxygens (including phenoxy) is 1. The molecule has 0 saturated carbocycles. The van der Waals surface area contributed by atoms with Crippen LogP contribution < -0.4 is 4.74 Å². The summed E-state index contributed by atoms with van der Waals surface area (Å²) in [5, 5.41) is 13.9. The Kier molecular flexibility index (Phi) is 6.65. The van der Waals surface area contributed by atoms with Crippen LogP contribution in [0.4, 0.5) is 4.39 Å². The third kappa shape index (κ3) is 5.02. The van der Waals surface area contributed by atoms with Crippen molar-refractivity contribution >= 4 is 5.97 Å². The summed E-state index contributed by atoms with van der Waals surface area (Å²) in [6, 6.07) is 13.7. The molecular formula is C23H25FN2O3. The largest absolute Gasteiger partial charge is 0.493 e. The van der Waals surface area contributed by atoms with Crippen LogP contribution in [-0.2, 0) is 17.8 Å². The van der Waals surface area contributed by atoms with Crippen LogP contribution >= 0.6 is 0 Å². The van der Waals surface area contributed by atoms with E-state index in [4.69, 9.17) is 14.9 Å². The third-order valence-electron chi connectivity index (χ3n) is 4.60. The second-order valence-electron chi connectivity index (χ2n) is 6.84. The lowest BCUT2D eigenvalue weighted by Gasteiger charge is -2.10. The fourth-order valence-corrected chi connectivity index (χ4v) is 3.25. The lowest BCUT2D eigenvalue weighted by atomic mass is 10.0. The van der Waals surface area contributed by atoms with Gasteiger partial charge < -0.3 is 9.84 Å².